The molecule has 0 bridgehead atoms. The molecule has 2 aliphatic rings. The lowest BCUT2D eigenvalue weighted by Crippen LogP contribution is -2.29. The van der Waals surface area contributed by atoms with Crippen LogP contribution < -0.4 is 10.1 Å². The number of hydrogen-bond acceptors (Lipinski definition) is 5. The Balaban J connectivity index is 1.38. The van der Waals surface area contributed by atoms with Crippen molar-refractivity contribution < 1.29 is 19.1 Å². The molecule has 0 saturated carbocycles. The average molecular weight is 645 g/mol. The van der Waals surface area contributed by atoms with Gasteiger partial charge in [-0.25, -0.2) is 4.79 Å². The molecular weight excluding hydrogens is 622 g/mol. The number of hydrogen-bond donors (Lipinski definition) is 1. The first-order valence-corrected chi connectivity index (χ1v) is 14.0. The zero-order valence-electron chi connectivity index (χ0n) is 21.2. The number of halogens is 2. The number of rotatable bonds is 5. The molecule has 39 heavy (non-hydrogen) atoms. The molecule has 4 aromatic carbocycles. The minimum absolute atomic E-state index is 0.101. The van der Waals surface area contributed by atoms with Gasteiger partial charge in [-0.05, 0) is 78.9 Å². The largest absolute Gasteiger partial charge is 0.487 e. The minimum atomic E-state index is -0.615. The van der Waals surface area contributed by atoms with E-state index in [1.807, 2.05) is 55.5 Å². The molecule has 4 aromatic rings. The predicted molar refractivity (Wildman–Crippen MR) is 158 cm³/mol. The number of allylic oxidation sites excluding steroid dienone is 2. The number of ether oxygens (including phenoxy) is 2. The lowest BCUT2D eigenvalue weighted by Gasteiger charge is -2.29. The van der Waals surface area contributed by atoms with Crippen LogP contribution in [-0.4, -0.2) is 18.9 Å². The van der Waals surface area contributed by atoms with Crippen molar-refractivity contribution in [2.75, 3.05) is 7.11 Å². The second-order valence-corrected chi connectivity index (χ2v) is 11.2. The van der Waals surface area contributed by atoms with Gasteiger partial charge >= 0.3 is 5.97 Å². The average Bonchev–Trinajstić information content (AvgIpc) is 3.22. The van der Waals surface area contributed by atoms with Gasteiger partial charge in [-0.15, -0.1) is 0 Å². The molecule has 0 radical (unpaired) electrons. The van der Waals surface area contributed by atoms with E-state index in [-0.39, 0.29) is 5.78 Å². The maximum atomic E-state index is 13.6. The van der Waals surface area contributed by atoms with E-state index in [1.54, 1.807) is 0 Å². The number of fused-ring (bicyclic) bond motifs is 3. The topological polar surface area (TPSA) is 64.6 Å². The Morgan fingerprint density at radius 3 is 2.28 bits per heavy atom. The van der Waals surface area contributed by atoms with Crippen molar-refractivity contribution in [2.45, 2.75) is 19.4 Å². The quantitative estimate of drug-likeness (QED) is 0.226. The molecule has 194 valence electrons. The SMILES string of the molecule is COC(=O)C1=C(C)NC2=C(C(=O)c3ccccc32)[C@@H]1c1cc(Br)c(OCc2ccc3ccccc3c2)c(Br)c1. The summed E-state index contributed by atoms with van der Waals surface area (Å²) < 4.78 is 12.8. The molecule has 5 nitrogen and oxygen atoms in total. The van der Waals surface area contributed by atoms with Crippen molar-refractivity contribution in [2.24, 2.45) is 0 Å². The number of Topliss-reactive ketones (excluding diaryl/α,β-unsaturated/α-hetero) is 1. The fourth-order valence-electron chi connectivity index (χ4n) is 5.41. The first-order valence-electron chi connectivity index (χ1n) is 12.4. The van der Waals surface area contributed by atoms with E-state index in [4.69, 9.17) is 9.47 Å². The molecule has 0 amide bonds. The summed E-state index contributed by atoms with van der Waals surface area (Å²) in [7, 11) is 1.35. The Labute approximate surface area is 242 Å². The highest BCUT2D eigenvalue weighted by molar-refractivity contribution is 9.11. The third-order valence-corrected chi connectivity index (χ3v) is 8.38. The van der Waals surface area contributed by atoms with Crippen LogP contribution in [0.1, 0.15) is 39.9 Å². The molecular formula is C32H23Br2NO4. The number of carbonyl (C=O) groups excluding carboxylic acids is 2. The van der Waals surface area contributed by atoms with Gasteiger partial charge in [0.1, 0.15) is 12.4 Å². The summed E-state index contributed by atoms with van der Waals surface area (Å²) >= 11 is 7.36. The van der Waals surface area contributed by atoms with Crippen molar-refractivity contribution >= 4 is 60.1 Å². The molecule has 0 spiro atoms. The molecule has 1 heterocycles. The molecule has 0 saturated heterocycles. The zero-order chi connectivity index (χ0) is 27.3. The van der Waals surface area contributed by atoms with Crippen LogP contribution in [0, 0.1) is 0 Å². The van der Waals surface area contributed by atoms with Gasteiger partial charge < -0.3 is 14.8 Å². The maximum absolute atomic E-state index is 13.6. The highest BCUT2D eigenvalue weighted by Crippen LogP contribution is 2.48. The van der Waals surface area contributed by atoms with E-state index in [2.05, 4.69) is 67.5 Å². The molecule has 1 aliphatic carbocycles. The molecule has 0 unspecified atom stereocenters. The molecule has 0 aromatic heterocycles. The van der Waals surface area contributed by atoms with E-state index in [1.165, 1.54) is 12.5 Å². The van der Waals surface area contributed by atoms with Gasteiger partial charge in [0.25, 0.3) is 0 Å². The van der Waals surface area contributed by atoms with E-state index < -0.39 is 11.9 Å². The monoisotopic (exact) mass is 643 g/mol. The summed E-state index contributed by atoms with van der Waals surface area (Å²) in [6.07, 6.45) is 0. The second-order valence-electron chi connectivity index (χ2n) is 9.54. The summed E-state index contributed by atoms with van der Waals surface area (Å²) in [5.74, 6) is -0.563. The summed E-state index contributed by atoms with van der Waals surface area (Å²) in [6, 6.07) is 25.8. The Morgan fingerprint density at radius 1 is 0.897 bits per heavy atom. The predicted octanol–water partition coefficient (Wildman–Crippen LogP) is 7.69. The first kappa shape index (κ1) is 25.6. The van der Waals surface area contributed by atoms with E-state index in [0.29, 0.717) is 43.7 Å². The number of ketones is 1. The zero-order valence-corrected chi connectivity index (χ0v) is 24.4. The second kappa shape index (κ2) is 10.1. The van der Waals surface area contributed by atoms with Crippen LogP contribution >= 0.6 is 31.9 Å². The van der Waals surface area contributed by atoms with E-state index in [0.717, 1.165) is 27.8 Å². The normalized spacial score (nSPS) is 16.2. The van der Waals surface area contributed by atoms with Crippen LogP contribution in [0.2, 0.25) is 0 Å². The van der Waals surface area contributed by atoms with Gasteiger partial charge in [0, 0.05) is 28.3 Å². The molecule has 0 fully saturated rings. The summed E-state index contributed by atoms with van der Waals surface area (Å²) in [6.45, 7) is 2.21. The van der Waals surface area contributed by atoms with Gasteiger partial charge in [-0.1, -0.05) is 60.7 Å². The molecule has 1 aliphatic heterocycles. The van der Waals surface area contributed by atoms with Crippen LogP contribution in [0.5, 0.6) is 5.75 Å². The summed E-state index contributed by atoms with van der Waals surface area (Å²) in [5, 5.41) is 5.64. The van der Waals surface area contributed by atoms with Crippen molar-refractivity contribution in [3.05, 3.63) is 127 Å². The highest BCUT2D eigenvalue weighted by Gasteiger charge is 2.43. The number of nitrogens with one attached hydrogen (secondary N) is 1. The molecule has 1 atom stereocenters. The van der Waals surface area contributed by atoms with Crippen molar-refractivity contribution in [1.29, 1.82) is 0 Å². The fraction of sp³-hybridized carbons (Fsp3) is 0.125. The van der Waals surface area contributed by atoms with Gasteiger partial charge in [-0.2, -0.15) is 0 Å². The van der Waals surface area contributed by atoms with Crippen LogP contribution in [-0.2, 0) is 16.1 Å². The Bertz CT molecular complexity index is 1730. The Kier molecular flexibility index (Phi) is 6.65. The number of benzene rings is 4. The smallest absolute Gasteiger partial charge is 0.336 e. The lowest BCUT2D eigenvalue weighted by molar-refractivity contribution is -0.136. The number of dihydropyridines is 1. The van der Waals surface area contributed by atoms with E-state index >= 15 is 0 Å². The molecule has 6 rings (SSSR count). The standard InChI is InChI=1S/C32H23Br2NO4/c1-17-26(32(37)38-2)27(28-29(35-17)22-9-5-6-10-23(22)30(28)36)21-14-24(33)31(25(34)15-21)39-16-18-11-12-19-7-3-4-8-20(19)13-18/h3-15,27,35H,16H2,1-2H3/t27-/m1/s1. The van der Waals surface area contributed by atoms with Crippen LogP contribution in [0.15, 0.2) is 105 Å². The third kappa shape index (κ3) is 4.39. The Morgan fingerprint density at radius 2 is 1.56 bits per heavy atom. The van der Waals surface area contributed by atoms with Gasteiger partial charge in [0.15, 0.2) is 5.78 Å². The highest BCUT2D eigenvalue weighted by atomic mass is 79.9. The van der Waals surface area contributed by atoms with Gasteiger partial charge in [0.05, 0.1) is 27.3 Å². The van der Waals surface area contributed by atoms with Crippen LogP contribution in [0.3, 0.4) is 0 Å². The van der Waals surface area contributed by atoms with Crippen molar-refractivity contribution in [3.8, 4) is 5.75 Å². The molecule has 7 heteroatoms. The van der Waals surface area contributed by atoms with Gasteiger partial charge in [0.2, 0.25) is 0 Å². The van der Waals surface area contributed by atoms with E-state index in [9.17, 15) is 9.59 Å². The van der Waals surface area contributed by atoms with Crippen LogP contribution in [0.4, 0.5) is 0 Å². The number of methoxy groups -OCH3 is 1. The maximum Gasteiger partial charge on any atom is 0.336 e. The number of esters is 1. The van der Waals surface area contributed by atoms with Crippen molar-refractivity contribution in [3.63, 3.8) is 0 Å². The fourth-order valence-corrected chi connectivity index (χ4v) is 6.86. The first-order chi connectivity index (χ1) is 18.9. The lowest BCUT2D eigenvalue weighted by atomic mass is 9.80. The van der Waals surface area contributed by atoms with Crippen molar-refractivity contribution in [1.82, 2.24) is 5.32 Å². The van der Waals surface area contributed by atoms with Gasteiger partial charge in [-0.3, -0.25) is 4.79 Å². The molecule has 1 N–H and O–H groups in total. The van der Waals surface area contributed by atoms with Crippen LogP contribution in [0.25, 0.3) is 16.5 Å². The summed E-state index contributed by atoms with van der Waals surface area (Å²) in [5.41, 5.74) is 5.58. The third-order valence-electron chi connectivity index (χ3n) is 7.21. The Hall–Kier alpha value is -3.68. The number of carbonyl (C=O) groups is 2. The minimum Gasteiger partial charge on any atom is -0.487 e. The summed E-state index contributed by atoms with van der Waals surface area (Å²) in [4.78, 5) is 26.7.